The first-order valence-electron chi connectivity index (χ1n) is 6.62. The highest BCUT2D eigenvalue weighted by Crippen LogP contribution is 2.24. The minimum atomic E-state index is 0.167. The van der Waals surface area contributed by atoms with Crippen LogP contribution in [0.4, 0.5) is 0 Å². The van der Waals surface area contributed by atoms with Crippen molar-refractivity contribution >= 4 is 32.6 Å². The SMILES string of the molecule is O=C(c1cccc2ccccc12)N1CCC(CBr)C1. The minimum absolute atomic E-state index is 0.167. The Kier molecular flexibility index (Phi) is 3.56. The lowest BCUT2D eigenvalue weighted by molar-refractivity contribution is 0.0790. The number of amides is 1. The average Bonchev–Trinajstić information content (AvgIpc) is 2.95. The lowest BCUT2D eigenvalue weighted by Crippen LogP contribution is -2.29. The van der Waals surface area contributed by atoms with Crippen molar-refractivity contribution < 1.29 is 4.79 Å². The largest absolute Gasteiger partial charge is 0.338 e. The van der Waals surface area contributed by atoms with E-state index in [9.17, 15) is 4.79 Å². The summed E-state index contributed by atoms with van der Waals surface area (Å²) in [4.78, 5) is 14.6. The van der Waals surface area contributed by atoms with Crippen LogP contribution in [0.5, 0.6) is 0 Å². The van der Waals surface area contributed by atoms with Crippen molar-refractivity contribution in [1.29, 1.82) is 0 Å². The monoisotopic (exact) mass is 317 g/mol. The molecule has 3 heteroatoms. The zero-order valence-electron chi connectivity index (χ0n) is 10.7. The third-order valence-corrected chi connectivity index (χ3v) is 4.73. The van der Waals surface area contributed by atoms with Crippen LogP contribution in [-0.2, 0) is 0 Å². The van der Waals surface area contributed by atoms with Gasteiger partial charge in [0.1, 0.15) is 0 Å². The molecule has 0 aliphatic carbocycles. The molecule has 1 atom stereocenters. The quantitative estimate of drug-likeness (QED) is 0.773. The molecule has 0 saturated carbocycles. The first-order chi connectivity index (χ1) is 9.29. The highest BCUT2D eigenvalue weighted by Gasteiger charge is 2.26. The van der Waals surface area contributed by atoms with Crippen molar-refractivity contribution in [3.8, 4) is 0 Å². The third-order valence-electron chi connectivity index (χ3n) is 3.81. The zero-order chi connectivity index (χ0) is 13.2. The molecule has 98 valence electrons. The van der Waals surface area contributed by atoms with Crippen LogP contribution >= 0.6 is 15.9 Å². The van der Waals surface area contributed by atoms with Crippen LogP contribution in [0.2, 0.25) is 0 Å². The van der Waals surface area contributed by atoms with Crippen molar-refractivity contribution in [3.63, 3.8) is 0 Å². The van der Waals surface area contributed by atoms with Gasteiger partial charge in [-0.25, -0.2) is 0 Å². The van der Waals surface area contributed by atoms with Crippen LogP contribution in [0.25, 0.3) is 10.8 Å². The summed E-state index contributed by atoms with van der Waals surface area (Å²) >= 11 is 3.51. The number of carbonyl (C=O) groups is 1. The Morgan fingerprint density at radius 3 is 2.79 bits per heavy atom. The summed E-state index contributed by atoms with van der Waals surface area (Å²) in [6, 6.07) is 14.0. The van der Waals surface area contributed by atoms with Crippen LogP contribution in [0.3, 0.4) is 0 Å². The lowest BCUT2D eigenvalue weighted by Gasteiger charge is -2.17. The lowest BCUT2D eigenvalue weighted by atomic mass is 10.0. The Balaban J connectivity index is 1.94. The number of carbonyl (C=O) groups excluding carboxylic acids is 1. The van der Waals surface area contributed by atoms with E-state index < -0.39 is 0 Å². The highest BCUT2D eigenvalue weighted by molar-refractivity contribution is 9.09. The number of fused-ring (bicyclic) bond motifs is 1. The van der Waals surface area contributed by atoms with Crippen molar-refractivity contribution in [2.24, 2.45) is 5.92 Å². The normalized spacial score (nSPS) is 19.0. The number of rotatable bonds is 2. The first kappa shape index (κ1) is 12.7. The van der Waals surface area contributed by atoms with Gasteiger partial charge >= 0.3 is 0 Å². The molecule has 1 aliphatic heterocycles. The van der Waals surface area contributed by atoms with Crippen molar-refractivity contribution in [2.75, 3.05) is 18.4 Å². The molecule has 19 heavy (non-hydrogen) atoms. The summed E-state index contributed by atoms with van der Waals surface area (Å²) in [5.74, 6) is 0.763. The molecule has 3 rings (SSSR count). The summed E-state index contributed by atoms with van der Waals surface area (Å²) in [5.41, 5.74) is 0.827. The number of hydrogen-bond acceptors (Lipinski definition) is 1. The van der Waals surface area contributed by atoms with Gasteiger partial charge in [-0.2, -0.15) is 0 Å². The summed E-state index contributed by atoms with van der Waals surface area (Å²) in [7, 11) is 0. The van der Waals surface area contributed by atoms with Gasteiger partial charge in [-0.3, -0.25) is 4.79 Å². The van der Waals surface area contributed by atoms with Crippen LogP contribution in [0.15, 0.2) is 42.5 Å². The third kappa shape index (κ3) is 2.39. The van der Waals surface area contributed by atoms with E-state index in [1.165, 1.54) is 0 Å². The van der Waals surface area contributed by atoms with Gasteiger partial charge in [0, 0.05) is 24.0 Å². The second-order valence-electron chi connectivity index (χ2n) is 5.09. The molecule has 1 unspecified atom stereocenters. The molecule has 0 spiro atoms. The Hall–Kier alpha value is -1.35. The smallest absolute Gasteiger partial charge is 0.254 e. The summed E-state index contributed by atoms with van der Waals surface area (Å²) in [5, 5.41) is 3.16. The maximum absolute atomic E-state index is 12.6. The number of benzene rings is 2. The van der Waals surface area contributed by atoms with E-state index in [1.807, 2.05) is 35.2 Å². The van der Waals surface area contributed by atoms with E-state index >= 15 is 0 Å². The molecule has 0 bridgehead atoms. The van der Waals surface area contributed by atoms with Gasteiger partial charge in [0.25, 0.3) is 5.91 Å². The van der Waals surface area contributed by atoms with Crippen LogP contribution in [-0.4, -0.2) is 29.2 Å². The Bertz CT molecular complexity index is 605. The van der Waals surface area contributed by atoms with Gasteiger partial charge in [0.2, 0.25) is 0 Å². The molecule has 1 aliphatic rings. The van der Waals surface area contributed by atoms with Crippen LogP contribution in [0.1, 0.15) is 16.8 Å². The number of halogens is 1. The fourth-order valence-corrected chi connectivity index (χ4v) is 3.25. The molecule has 2 aromatic rings. The highest BCUT2D eigenvalue weighted by atomic mass is 79.9. The molecule has 0 radical (unpaired) electrons. The topological polar surface area (TPSA) is 20.3 Å². The van der Waals surface area contributed by atoms with E-state index in [2.05, 4.69) is 28.1 Å². The minimum Gasteiger partial charge on any atom is -0.338 e. The van der Waals surface area contributed by atoms with Gasteiger partial charge in [0.05, 0.1) is 0 Å². The predicted octanol–water partition coefficient (Wildman–Crippen LogP) is 3.70. The van der Waals surface area contributed by atoms with Gasteiger partial charge in [0.15, 0.2) is 0 Å². The number of likely N-dealkylation sites (tertiary alicyclic amines) is 1. The molecule has 0 aromatic heterocycles. The van der Waals surface area contributed by atoms with Crippen LogP contribution in [0, 0.1) is 5.92 Å². The van der Waals surface area contributed by atoms with Crippen LogP contribution < -0.4 is 0 Å². The molecule has 2 aromatic carbocycles. The average molecular weight is 318 g/mol. The van der Waals surface area contributed by atoms with Crippen molar-refractivity contribution in [3.05, 3.63) is 48.0 Å². The molecule has 0 N–H and O–H groups in total. The molecule has 1 heterocycles. The van der Waals surface area contributed by atoms with Crippen molar-refractivity contribution in [2.45, 2.75) is 6.42 Å². The van der Waals surface area contributed by atoms with Gasteiger partial charge in [-0.1, -0.05) is 52.3 Å². The van der Waals surface area contributed by atoms with E-state index in [4.69, 9.17) is 0 Å². The number of hydrogen-bond donors (Lipinski definition) is 0. The fraction of sp³-hybridized carbons (Fsp3) is 0.312. The van der Waals surface area contributed by atoms with E-state index in [0.717, 1.165) is 41.2 Å². The Morgan fingerprint density at radius 2 is 2.00 bits per heavy atom. The number of alkyl halides is 1. The summed E-state index contributed by atoms with van der Waals surface area (Å²) in [6.07, 6.45) is 1.10. The molecule has 1 amide bonds. The van der Waals surface area contributed by atoms with Gasteiger partial charge < -0.3 is 4.90 Å². The van der Waals surface area contributed by atoms with E-state index in [0.29, 0.717) is 5.92 Å². The predicted molar refractivity (Wildman–Crippen MR) is 81.8 cm³/mol. The van der Waals surface area contributed by atoms with E-state index in [-0.39, 0.29) is 5.91 Å². The zero-order valence-corrected chi connectivity index (χ0v) is 12.3. The summed E-state index contributed by atoms with van der Waals surface area (Å²) < 4.78 is 0. The molecular weight excluding hydrogens is 302 g/mol. The first-order valence-corrected chi connectivity index (χ1v) is 7.75. The Morgan fingerprint density at radius 1 is 1.21 bits per heavy atom. The standard InChI is InChI=1S/C16H16BrNO/c17-10-12-8-9-18(11-12)16(19)15-7-3-5-13-4-1-2-6-14(13)15/h1-7,12H,8-11H2. The maximum atomic E-state index is 12.6. The van der Waals surface area contributed by atoms with Gasteiger partial charge in [-0.15, -0.1) is 0 Å². The fourth-order valence-electron chi connectivity index (χ4n) is 2.73. The van der Waals surface area contributed by atoms with E-state index in [1.54, 1.807) is 0 Å². The van der Waals surface area contributed by atoms with Crippen molar-refractivity contribution in [1.82, 2.24) is 4.90 Å². The Labute approximate surface area is 121 Å². The molecular formula is C16H16BrNO. The molecule has 1 saturated heterocycles. The number of nitrogens with zero attached hydrogens (tertiary/aromatic N) is 1. The molecule has 1 fully saturated rings. The summed E-state index contributed by atoms with van der Waals surface area (Å²) in [6.45, 7) is 1.74. The molecule has 2 nitrogen and oxygen atoms in total. The second kappa shape index (κ2) is 5.33. The second-order valence-corrected chi connectivity index (χ2v) is 5.73. The van der Waals surface area contributed by atoms with Gasteiger partial charge in [-0.05, 0) is 29.2 Å². The maximum Gasteiger partial charge on any atom is 0.254 e.